The third-order valence-corrected chi connectivity index (χ3v) is 5.69. The van der Waals surface area contributed by atoms with E-state index in [1.54, 1.807) is 25.1 Å². The maximum Gasteiger partial charge on any atom is 0.246 e. The summed E-state index contributed by atoms with van der Waals surface area (Å²) in [7, 11) is -2.25. The van der Waals surface area contributed by atoms with E-state index in [0.717, 1.165) is 0 Å². The van der Waals surface area contributed by atoms with Crippen molar-refractivity contribution >= 4 is 21.6 Å². The zero-order valence-corrected chi connectivity index (χ0v) is 12.4. The highest BCUT2D eigenvalue weighted by molar-refractivity contribution is 7.89. The number of nitrogen functional groups attached to an aromatic ring is 1. The lowest BCUT2D eigenvalue weighted by Gasteiger charge is -2.24. The van der Waals surface area contributed by atoms with Crippen molar-refractivity contribution in [3.05, 3.63) is 23.8 Å². The second-order valence-electron chi connectivity index (χ2n) is 4.88. The largest absolute Gasteiger partial charge is 0.398 e. The number of anilines is 1. The van der Waals surface area contributed by atoms with Gasteiger partial charge in [-0.2, -0.15) is 4.31 Å². The van der Waals surface area contributed by atoms with Gasteiger partial charge in [-0.15, -0.1) is 0 Å². The number of amides is 1. The summed E-state index contributed by atoms with van der Waals surface area (Å²) in [6.45, 7) is 2.04. The Morgan fingerprint density at radius 2 is 2.15 bits per heavy atom. The number of nitrogens with two attached hydrogens (primary N) is 1. The molecule has 0 aromatic heterocycles. The minimum atomic E-state index is -3.76. The van der Waals surface area contributed by atoms with Crippen molar-refractivity contribution in [3.8, 4) is 0 Å². The number of carbonyl (C=O) groups is 1. The van der Waals surface area contributed by atoms with E-state index in [2.05, 4.69) is 5.32 Å². The summed E-state index contributed by atoms with van der Waals surface area (Å²) in [5.41, 5.74) is 6.63. The average molecular weight is 297 g/mol. The highest BCUT2D eigenvalue weighted by Gasteiger charge is 2.40. The Balaban J connectivity index is 2.47. The Morgan fingerprint density at radius 3 is 2.75 bits per heavy atom. The van der Waals surface area contributed by atoms with Crippen molar-refractivity contribution in [2.45, 2.75) is 30.7 Å². The van der Waals surface area contributed by atoms with Gasteiger partial charge in [0.05, 0.1) is 5.69 Å². The van der Waals surface area contributed by atoms with Gasteiger partial charge in [-0.25, -0.2) is 8.42 Å². The zero-order valence-electron chi connectivity index (χ0n) is 11.6. The molecule has 6 nitrogen and oxygen atoms in total. The van der Waals surface area contributed by atoms with Crippen LogP contribution in [0.3, 0.4) is 0 Å². The standard InChI is InChI=1S/C13H19N3O3S/c1-9-5-3-6-10(14)12(9)20(18,19)16-8-4-7-11(16)13(17)15-2/h3,5-6,11H,4,7-8,14H2,1-2H3,(H,15,17). The summed E-state index contributed by atoms with van der Waals surface area (Å²) >= 11 is 0. The molecule has 0 saturated carbocycles. The maximum absolute atomic E-state index is 12.8. The Hall–Kier alpha value is -1.60. The Labute approximate surface area is 119 Å². The van der Waals surface area contributed by atoms with Crippen LogP contribution in [-0.4, -0.2) is 38.3 Å². The van der Waals surface area contributed by atoms with Crippen LogP contribution in [0.1, 0.15) is 18.4 Å². The molecule has 1 fully saturated rings. The normalized spacial score (nSPS) is 20.0. The van der Waals surface area contributed by atoms with Gasteiger partial charge in [-0.1, -0.05) is 12.1 Å². The van der Waals surface area contributed by atoms with E-state index >= 15 is 0 Å². The number of carbonyl (C=O) groups excluding carboxylic acids is 1. The van der Waals surface area contributed by atoms with Gasteiger partial charge in [0.2, 0.25) is 15.9 Å². The SMILES string of the molecule is CNC(=O)C1CCCN1S(=O)(=O)c1c(C)cccc1N. The molecule has 0 bridgehead atoms. The van der Waals surface area contributed by atoms with E-state index in [9.17, 15) is 13.2 Å². The number of hydrogen-bond donors (Lipinski definition) is 2. The summed E-state index contributed by atoms with van der Waals surface area (Å²) in [5.74, 6) is -0.279. The lowest BCUT2D eigenvalue weighted by Crippen LogP contribution is -2.45. The van der Waals surface area contributed by atoms with E-state index in [4.69, 9.17) is 5.73 Å². The van der Waals surface area contributed by atoms with Crippen LogP contribution in [0.25, 0.3) is 0 Å². The van der Waals surface area contributed by atoms with Gasteiger partial charge in [0.1, 0.15) is 10.9 Å². The first kappa shape index (κ1) is 14.8. The molecular formula is C13H19N3O3S. The summed E-state index contributed by atoms with van der Waals surface area (Å²) in [6, 6.07) is 4.33. The van der Waals surface area contributed by atoms with E-state index in [0.29, 0.717) is 24.9 Å². The molecule has 1 saturated heterocycles. The molecule has 20 heavy (non-hydrogen) atoms. The maximum atomic E-state index is 12.8. The van der Waals surface area contributed by atoms with Crippen LogP contribution in [-0.2, 0) is 14.8 Å². The summed E-state index contributed by atoms with van der Waals surface area (Å²) < 4.78 is 26.8. The molecule has 0 aliphatic carbocycles. The first-order chi connectivity index (χ1) is 9.39. The molecule has 0 radical (unpaired) electrons. The molecule has 7 heteroatoms. The van der Waals surface area contributed by atoms with Crippen LogP contribution in [0.4, 0.5) is 5.69 Å². The molecule has 3 N–H and O–H groups in total. The van der Waals surface area contributed by atoms with Crippen LogP contribution in [0, 0.1) is 6.92 Å². The Morgan fingerprint density at radius 1 is 1.45 bits per heavy atom. The van der Waals surface area contributed by atoms with Crippen molar-refractivity contribution in [2.24, 2.45) is 0 Å². The predicted octanol–water partition coefficient (Wildman–Crippen LogP) is 0.476. The highest BCUT2D eigenvalue weighted by atomic mass is 32.2. The van der Waals surface area contributed by atoms with Crippen molar-refractivity contribution in [3.63, 3.8) is 0 Å². The smallest absolute Gasteiger partial charge is 0.246 e. The van der Waals surface area contributed by atoms with Crippen LogP contribution in [0.2, 0.25) is 0 Å². The number of nitrogens with zero attached hydrogens (tertiary/aromatic N) is 1. The molecule has 110 valence electrons. The zero-order chi connectivity index (χ0) is 14.9. The minimum Gasteiger partial charge on any atom is -0.398 e. The van der Waals surface area contributed by atoms with Gasteiger partial charge in [0, 0.05) is 13.6 Å². The van der Waals surface area contributed by atoms with E-state index in [-0.39, 0.29) is 16.5 Å². The van der Waals surface area contributed by atoms with E-state index in [1.807, 2.05) is 0 Å². The minimum absolute atomic E-state index is 0.107. The monoisotopic (exact) mass is 297 g/mol. The topological polar surface area (TPSA) is 92.5 Å². The van der Waals surface area contributed by atoms with Crippen molar-refractivity contribution in [2.75, 3.05) is 19.3 Å². The Bertz CT molecular complexity index is 607. The van der Waals surface area contributed by atoms with E-state index < -0.39 is 16.1 Å². The van der Waals surface area contributed by atoms with Gasteiger partial charge in [-0.3, -0.25) is 4.79 Å². The lowest BCUT2D eigenvalue weighted by molar-refractivity contribution is -0.123. The fourth-order valence-corrected chi connectivity index (χ4v) is 4.58. The van der Waals surface area contributed by atoms with Crippen LogP contribution in [0.5, 0.6) is 0 Å². The second kappa shape index (κ2) is 5.41. The molecule has 1 aromatic carbocycles. The van der Waals surface area contributed by atoms with Gasteiger partial charge >= 0.3 is 0 Å². The lowest BCUT2D eigenvalue weighted by atomic mass is 10.2. The third-order valence-electron chi connectivity index (χ3n) is 3.56. The van der Waals surface area contributed by atoms with Crippen molar-refractivity contribution in [1.82, 2.24) is 9.62 Å². The average Bonchev–Trinajstić information content (AvgIpc) is 2.87. The molecule has 1 aromatic rings. The summed E-state index contributed by atoms with van der Waals surface area (Å²) in [6.07, 6.45) is 1.20. The van der Waals surface area contributed by atoms with Gasteiger partial charge < -0.3 is 11.1 Å². The molecule has 1 atom stereocenters. The summed E-state index contributed by atoms with van der Waals surface area (Å²) in [4.78, 5) is 11.9. The molecule has 2 rings (SSSR count). The number of aryl methyl sites for hydroxylation is 1. The fourth-order valence-electron chi connectivity index (χ4n) is 2.60. The molecule has 1 amide bonds. The van der Waals surface area contributed by atoms with Crippen LogP contribution >= 0.6 is 0 Å². The molecule has 1 aliphatic rings. The van der Waals surface area contributed by atoms with Gasteiger partial charge in [-0.05, 0) is 31.4 Å². The molecule has 1 heterocycles. The number of hydrogen-bond acceptors (Lipinski definition) is 4. The first-order valence-corrected chi connectivity index (χ1v) is 7.92. The fraction of sp³-hybridized carbons (Fsp3) is 0.462. The van der Waals surface area contributed by atoms with E-state index in [1.165, 1.54) is 11.4 Å². The molecule has 1 unspecified atom stereocenters. The van der Waals surface area contributed by atoms with Gasteiger partial charge in [0.15, 0.2) is 0 Å². The van der Waals surface area contributed by atoms with Crippen molar-refractivity contribution in [1.29, 1.82) is 0 Å². The molecule has 1 aliphatic heterocycles. The highest BCUT2D eigenvalue weighted by Crippen LogP contribution is 2.31. The van der Waals surface area contributed by atoms with Gasteiger partial charge in [0.25, 0.3) is 0 Å². The van der Waals surface area contributed by atoms with Crippen molar-refractivity contribution < 1.29 is 13.2 Å². The predicted molar refractivity (Wildman–Crippen MR) is 76.6 cm³/mol. The third kappa shape index (κ3) is 2.38. The molecule has 0 spiro atoms. The quantitative estimate of drug-likeness (QED) is 0.794. The Kier molecular flexibility index (Phi) is 4.01. The number of rotatable bonds is 3. The number of sulfonamides is 1. The number of nitrogens with one attached hydrogen (secondary N) is 1. The summed E-state index contributed by atoms with van der Waals surface area (Å²) in [5, 5.41) is 2.51. The first-order valence-electron chi connectivity index (χ1n) is 6.48. The van der Waals surface area contributed by atoms with Crippen LogP contribution < -0.4 is 11.1 Å². The molecular weight excluding hydrogens is 278 g/mol. The van der Waals surface area contributed by atoms with Crippen LogP contribution in [0.15, 0.2) is 23.1 Å². The number of likely N-dealkylation sites (N-methyl/N-ethyl adjacent to an activating group) is 1. The number of benzene rings is 1. The second-order valence-corrected chi connectivity index (χ2v) is 6.71.